The summed E-state index contributed by atoms with van der Waals surface area (Å²) in [6.07, 6.45) is 7.76. The van der Waals surface area contributed by atoms with Crippen LogP contribution in [0.5, 0.6) is 0 Å². The van der Waals surface area contributed by atoms with E-state index in [-0.39, 0.29) is 22.0 Å². The van der Waals surface area contributed by atoms with Gasteiger partial charge in [0.1, 0.15) is 5.57 Å². The van der Waals surface area contributed by atoms with Crippen LogP contribution < -0.4 is 0 Å². The molecule has 53 heavy (non-hydrogen) atoms. The second-order valence-electron chi connectivity index (χ2n) is 15.1. The molecule has 4 aromatic carbocycles. The van der Waals surface area contributed by atoms with Crippen molar-refractivity contribution < 1.29 is 25.9 Å². The third-order valence-electron chi connectivity index (χ3n) is 10.4. The van der Waals surface area contributed by atoms with E-state index >= 15 is 0 Å². The molecule has 1 aliphatic rings. The second-order valence-corrected chi connectivity index (χ2v) is 17.9. The summed E-state index contributed by atoms with van der Waals surface area (Å²) in [6, 6.07) is 18.7. The van der Waals surface area contributed by atoms with E-state index < -0.39 is 20.2 Å². The summed E-state index contributed by atoms with van der Waals surface area (Å²) in [5, 5.41) is -0.171. The van der Waals surface area contributed by atoms with Gasteiger partial charge in [-0.25, -0.2) is 0 Å². The smallest absolute Gasteiger partial charge is 0.282 e. The number of rotatable bonds is 10. The first-order valence-electron chi connectivity index (χ1n) is 18.0. The molecule has 5 rings (SSSR count). The highest BCUT2D eigenvalue weighted by molar-refractivity contribution is 7.89. The molecule has 6 nitrogen and oxygen atoms in total. The Kier molecular flexibility index (Phi) is 11.5. The van der Waals surface area contributed by atoms with Gasteiger partial charge in [0.05, 0.1) is 10.5 Å². The van der Waals surface area contributed by atoms with E-state index in [4.69, 9.17) is 0 Å². The standard InChI is InChI=1S/C45H50O6S2/c1-26(2)39-24-36(17-15-34(39)22-41-29(6)19-28(5)20-30(41)7)44(38-13-11-12-14-43(38)52(46,47)48)37-18-16-35(40(25-37)27(3)4)23-42-31(8)21-32(9)45(33(42)10)53(49,50)51/h11-21,24-27H,22-23H2,1-10H3,(H-,46,47,48,49,50,51)/p+1. The van der Waals surface area contributed by atoms with E-state index in [1.807, 2.05) is 19.1 Å². The monoisotopic (exact) mass is 751 g/mol. The van der Waals surface area contributed by atoms with Crippen LogP contribution in [0.25, 0.3) is 5.57 Å². The van der Waals surface area contributed by atoms with Gasteiger partial charge in [-0.15, -0.1) is 0 Å². The molecule has 0 saturated heterocycles. The molecule has 278 valence electrons. The molecule has 0 fully saturated rings. The summed E-state index contributed by atoms with van der Waals surface area (Å²) in [6.45, 7) is 20.3. The van der Waals surface area contributed by atoms with Crippen LogP contribution in [0.4, 0.5) is 0 Å². The third kappa shape index (κ3) is 8.47. The molecule has 2 N–H and O–H groups in total. The Hall–Kier alpha value is -4.21. The molecule has 0 heterocycles. The van der Waals surface area contributed by atoms with Gasteiger partial charge in [-0.2, -0.15) is 16.8 Å². The molecular formula is C45H51O6S2+. The van der Waals surface area contributed by atoms with Crippen LogP contribution in [0.15, 0.2) is 89.4 Å². The number of allylic oxidation sites excluding steroid dienone is 3. The summed E-state index contributed by atoms with van der Waals surface area (Å²) in [7, 11) is -9.01. The lowest BCUT2D eigenvalue weighted by atomic mass is 9.82. The van der Waals surface area contributed by atoms with Crippen LogP contribution in [0, 0.1) is 46.8 Å². The molecule has 0 saturated carbocycles. The van der Waals surface area contributed by atoms with Crippen LogP contribution in [0.1, 0.15) is 117 Å². The molecule has 0 unspecified atom stereocenters. The van der Waals surface area contributed by atoms with Gasteiger partial charge in [-0.3, -0.25) is 9.11 Å². The summed E-state index contributed by atoms with van der Waals surface area (Å²) in [5.74, 6) is 0.237. The average Bonchev–Trinajstić information content (AvgIpc) is 3.04. The van der Waals surface area contributed by atoms with Crippen LogP contribution >= 0.6 is 0 Å². The Bertz CT molecular complexity index is 2390. The Morgan fingerprint density at radius 1 is 0.642 bits per heavy atom. The van der Waals surface area contributed by atoms with Crippen molar-refractivity contribution in [1.82, 2.24) is 0 Å². The minimum atomic E-state index is -4.58. The van der Waals surface area contributed by atoms with Gasteiger partial charge in [0, 0.05) is 35.4 Å². The number of hydrogen-bond donors (Lipinski definition) is 2. The first kappa shape index (κ1) is 40.0. The second kappa shape index (κ2) is 15.3. The number of benzene rings is 4. The lowest BCUT2D eigenvalue weighted by Crippen LogP contribution is -2.15. The van der Waals surface area contributed by atoms with Crippen molar-refractivity contribution in [3.63, 3.8) is 0 Å². The molecular weight excluding hydrogens is 701 g/mol. The molecule has 0 aliphatic heterocycles. The lowest BCUT2D eigenvalue weighted by Gasteiger charge is -2.21. The van der Waals surface area contributed by atoms with Crippen LogP contribution in [0.3, 0.4) is 0 Å². The molecule has 1 aliphatic carbocycles. The summed E-state index contributed by atoms with van der Waals surface area (Å²) >= 11 is 0. The highest BCUT2D eigenvalue weighted by atomic mass is 32.2. The fraction of sp³-hybridized carbons (Fsp3) is 0.311. The van der Waals surface area contributed by atoms with Crippen molar-refractivity contribution >= 4 is 25.8 Å². The third-order valence-corrected chi connectivity index (χ3v) is 12.5. The van der Waals surface area contributed by atoms with E-state index in [2.05, 4.69) is 84.9 Å². The molecule has 8 heteroatoms. The minimum Gasteiger partial charge on any atom is -0.282 e. The van der Waals surface area contributed by atoms with Crippen molar-refractivity contribution in [2.75, 3.05) is 0 Å². The van der Waals surface area contributed by atoms with Crippen molar-refractivity contribution in [2.24, 2.45) is 0 Å². The van der Waals surface area contributed by atoms with Crippen molar-refractivity contribution in [3.05, 3.63) is 168 Å². The van der Waals surface area contributed by atoms with Crippen molar-refractivity contribution in [2.45, 2.75) is 98.8 Å². The highest BCUT2D eigenvalue weighted by Crippen LogP contribution is 2.40. The quantitative estimate of drug-likeness (QED) is 0.123. The van der Waals surface area contributed by atoms with Crippen LogP contribution in [-0.4, -0.2) is 25.9 Å². The van der Waals surface area contributed by atoms with Crippen LogP contribution in [0.2, 0.25) is 0 Å². The SMILES string of the molecule is Cc1cc(C)c(Cc2ccc(C(=C3C=CC=C[C+]3S(=O)(=O)O)c3ccc(Cc4c(C)cc(C)c(S(=O)(=O)O)c4C)c(C(C)C)c3)cc2C(C)C)c(C)c1. The molecule has 0 radical (unpaired) electrons. The highest BCUT2D eigenvalue weighted by Gasteiger charge is 2.36. The summed E-state index contributed by atoms with van der Waals surface area (Å²) < 4.78 is 70.9. The number of hydrogen-bond acceptors (Lipinski definition) is 4. The first-order chi connectivity index (χ1) is 24.7. The fourth-order valence-electron chi connectivity index (χ4n) is 8.02. The molecule has 0 spiro atoms. The predicted octanol–water partition coefficient (Wildman–Crippen LogP) is 10.6. The normalized spacial score (nSPS) is 14.5. The van der Waals surface area contributed by atoms with E-state index in [1.54, 1.807) is 38.1 Å². The lowest BCUT2D eigenvalue weighted by molar-refractivity contribution is 0.481. The van der Waals surface area contributed by atoms with Gasteiger partial charge in [-0.1, -0.05) is 63.6 Å². The maximum absolute atomic E-state index is 12.8. The Morgan fingerprint density at radius 2 is 1.13 bits per heavy atom. The van der Waals surface area contributed by atoms with Crippen molar-refractivity contribution in [3.8, 4) is 0 Å². The molecule has 4 aromatic rings. The zero-order valence-corrected chi connectivity index (χ0v) is 34.1. The largest absolute Gasteiger partial charge is 0.331 e. The molecule has 0 atom stereocenters. The van der Waals surface area contributed by atoms with Gasteiger partial charge in [-0.05, 0) is 152 Å². The maximum Gasteiger partial charge on any atom is 0.331 e. The molecule has 0 amide bonds. The maximum atomic E-state index is 12.8. The first-order valence-corrected chi connectivity index (χ1v) is 20.9. The van der Waals surface area contributed by atoms with E-state index in [9.17, 15) is 25.9 Å². The summed E-state index contributed by atoms with van der Waals surface area (Å²) in [5.41, 5.74) is 14.9. The molecule has 0 aromatic heterocycles. The van der Waals surface area contributed by atoms with Gasteiger partial charge in [0.15, 0.2) is 5.25 Å². The zero-order valence-electron chi connectivity index (χ0n) is 32.4. The van der Waals surface area contributed by atoms with E-state index in [1.165, 1.54) is 33.9 Å². The van der Waals surface area contributed by atoms with Gasteiger partial charge < -0.3 is 0 Å². The van der Waals surface area contributed by atoms with Gasteiger partial charge in [0.25, 0.3) is 10.1 Å². The van der Waals surface area contributed by atoms with Gasteiger partial charge >= 0.3 is 10.1 Å². The minimum absolute atomic E-state index is 0.0599. The topological polar surface area (TPSA) is 109 Å². The van der Waals surface area contributed by atoms with E-state index in [0.717, 1.165) is 45.4 Å². The fourth-order valence-corrected chi connectivity index (χ4v) is 9.69. The summed E-state index contributed by atoms with van der Waals surface area (Å²) in [4.78, 5) is -0.0599. The predicted molar refractivity (Wildman–Crippen MR) is 217 cm³/mol. The zero-order chi connectivity index (χ0) is 39.2. The van der Waals surface area contributed by atoms with E-state index in [0.29, 0.717) is 28.7 Å². The van der Waals surface area contributed by atoms with Crippen molar-refractivity contribution in [1.29, 1.82) is 0 Å². The molecule has 0 bridgehead atoms. The Labute approximate surface area is 316 Å². The van der Waals surface area contributed by atoms with Crippen LogP contribution in [-0.2, 0) is 33.1 Å². The Morgan fingerprint density at radius 3 is 1.60 bits per heavy atom. The van der Waals surface area contributed by atoms with Gasteiger partial charge in [0.2, 0.25) is 0 Å². The Balaban J connectivity index is 1.73. The average molecular weight is 752 g/mol. The number of aryl methyl sites for hydroxylation is 5.